The summed E-state index contributed by atoms with van der Waals surface area (Å²) in [6, 6.07) is 6.90. The number of fused-ring (bicyclic) bond motifs is 1. The van der Waals surface area contributed by atoms with Gasteiger partial charge in [0.1, 0.15) is 0 Å². The molecular weight excluding hydrogens is 474 g/mol. The molecule has 4 rings (SSSR count). The molecule has 8 nitrogen and oxygen atoms in total. The molecular formula is C24H24ClN5O3S. The summed E-state index contributed by atoms with van der Waals surface area (Å²) in [6.45, 7) is 8.15. The van der Waals surface area contributed by atoms with Gasteiger partial charge in [0.25, 0.3) is 5.91 Å². The summed E-state index contributed by atoms with van der Waals surface area (Å²) >= 11 is 7.77. The summed E-state index contributed by atoms with van der Waals surface area (Å²) in [6.07, 6.45) is 5.09. The van der Waals surface area contributed by atoms with E-state index in [9.17, 15) is 14.4 Å². The molecule has 0 unspecified atom stereocenters. The van der Waals surface area contributed by atoms with Gasteiger partial charge in [0.05, 0.1) is 32.7 Å². The van der Waals surface area contributed by atoms with Gasteiger partial charge in [-0.05, 0) is 49.6 Å². The number of carbonyl (C=O) groups is 3. The van der Waals surface area contributed by atoms with E-state index in [1.807, 2.05) is 16.7 Å². The van der Waals surface area contributed by atoms with Crippen molar-refractivity contribution < 1.29 is 14.4 Å². The highest BCUT2D eigenvalue weighted by Crippen LogP contribution is 2.34. The second-order valence-corrected chi connectivity index (χ2v) is 9.22. The van der Waals surface area contributed by atoms with Gasteiger partial charge in [0.15, 0.2) is 0 Å². The van der Waals surface area contributed by atoms with Crippen molar-refractivity contribution in [3.8, 4) is 0 Å². The predicted molar refractivity (Wildman–Crippen MR) is 136 cm³/mol. The quantitative estimate of drug-likeness (QED) is 0.475. The number of benzene rings is 1. The first kappa shape index (κ1) is 23.7. The summed E-state index contributed by atoms with van der Waals surface area (Å²) in [5, 5.41) is 7.74. The SMILES string of the molecule is C=CC(=O)Nc1csc(C(=O)Nc2nc3cccc(Cl)c3n2[C@@H]2CCCCN(C(=O)C=C)C2)c1. The molecule has 1 fully saturated rings. The number of likely N-dealkylation sites (tertiary alicyclic amines) is 1. The average Bonchev–Trinajstić information content (AvgIpc) is 3.36. The first-order chi connectivity index (χ1) is 16.4. The van der Waals surface area contributed by atoms with Crippen LogP contribution in [0.3, 0.4) is 0 Å². The molecule has 0 spiro atoms. The van der Waals surface area contributed by atoms with E-state index in [0.29, 0.717) is 45.7 Å². The van der Waals surface area contributed by atoms with Gasteiger partial charge in [0, 0.05) is 18.5 Å². The van der Waals surface area contributed by atoms with E-state index in [0.717, 1.165) is 25.3 Å². The number of imidazole rings is 1. The second-order valence-electron chi connectivity index (χ2n) is 7.90. The lowest BCUT2D eigenvalue weighted by Gasteiger charge is -2.26. The van der Waals surface area contributed by atoms with Crippen LogP contribution in [0, 0.1) is 0 Å². The largest absolute Gasteiger partial charge is 0.337 e. The number of aromatic nitrogens is 2. The molecule has 3 aromatic rings. The van der Waals surface area contributed by atoms with Crippen molar-refractivity contribution in [2.75, 3.05) is 23.7 Å². The molecule has 1 atom stereocenters. The molecule has 176 valence electrons. The van der Waals surface area contributed by atoms with Gasteiger partial charge in [-0.2, -0.15) is 0 Å². The van der Waals surface area contributed by atoms with Crippen LogP contribution in [0.1, 0.15) is 35.0 Å². The summed E-state index contributed by atoms with van der Waals surface area (Å²) in [5.74, 6) is -0.477. The van der Waals surface area contributed by atoms with Crippen LogP contribution >= 0.6 is 22.9 Å². The summed E-state index contributed by atoms with van der Waals surface area (Å²) in [4.78, 5) is 43.8. The van der Waals surface area contributed by atoms with Gasteiger partial charge in [0.2, 0.25) is 17.8 Å². The normalized spacial score (nSPS) is 16.0. The number of hydrogen-bond acceptors (Lipinski definition) is 5. The number of halogens is 1. The maximum Gasteiger partial charge on any atom is 0.268 e. The Kier molecular flexibility index (Phi) is 7.14. The average molecular weight is 498 g/mol. The van der Waals surface area contributed by atoms with Gasteiger partial charge >= 0.3 is 0 Å². The number of anilines is 2. The third-order valence-electron chi connectivity index (χ3n) is 5.66. The molecule has 0 aliphatic carbocycles. The molecule has 0 radical (unpaired) electrons. The number of rotatable bonds is 6. The zero-order chi connectivity index (χ0) is 24.2. The second kappa shape index (κ2) is 10.2. The molecule has 2 N–H and O–H groups in total. The molecule has 10 heteroatoms. The first-order valence-corrected chi connectivity index (χ1v) is 12.1. The number of hydrogen-bond donors (Lipinski definition) is 2. The van der Waals surface area contributed by atoms with Crippen molar-refractivity contribution in [3.05, 3.63) is 64.9 Å². The maximum absolute atomic E-state index is 13.1. The third kappa shape index (κ3) is 4.90. The molecule has 34 heavy (non-hydrogen) atoms. The zero-order valence-corrected chi connectivity index (χ0v) is 20.0. The highest BCUT2D eigenvalue weighted by molar-refractivity contribution is 7.12. The van der Waals surface area contributed by atoms with Crippen LogP contribution < -0.4 is 10.6 Å². The fraction of sp³-hybridized carbons (Fsp3) is 0.250. The van der Waals surface area contributed by atoms with E-state index in [1.54, 1.807) is 22.4 Å². The zero-order valence-electron chi connectivity index (χ0n) is 18.4. The van der Waals surface area contributed by atoms with E-state index in [4.69, 9.17) is 11.6 Å². The van der Waals surface area contributed by atoms with Crippen LogP contribution in [-0.4, -0.2) is 45.3 Å². The van der Waals surface area contributed by atoms with Crippen LogP contribution in [0.4, 0.5) is 11.6 Å². The molecule has 3 amide bonds. The molecule has 1 aromatic carbocycles. The predicted octanol–water partition coefficient (Wildman–Crippen LogP) is 4.87. The molecule has 1 saturated heterocycles. The van der Waals surface area contributed by atoms with Gasteiger partial charge in [-0.3, -0.25) is 19.7 Å². The highest BCUT2D eigenvalue weighted by atomic mass is 35.5. The molecule has 1 aliphatic heterocycles. The molecule has 3 heterocycles. The Morgan fingerprint density at radius 1 is 1.18 bits per heavy atom. The number of amides is 3. The topological polar surface area (TPSA) is 96.3 Å². The summed E-state index contributed by atoms with van der Waals surface area (Å²) in [5.41, 5.74) is 1.88. The van der Waals surface area contributed by atoms with E-state index in [-0.39, 0.29) is 23.8 Å². The Morgan fingerprint density at radius 3 is 2.76 bits per heavy atom. The van der Waals surface area contributed by atoms with Gasteiger partial charge in [-0.1, -0.05) is 30.8 Å². The molecule has 0 saturated carbocycles. The Morgan fingerprint density at radius 2 is 2.00 bits per heavy atom. The van der Waals surface area contributed by atoms with Crippen LogP contribution in [-0.2, 0) is 9.59 Å². The summed E-state index contributed by atoms with van der Waals surface area (Å²) < 4.78 is 1.93. The van der Waals surface area contributed by atoms with Crippen LogP contribution in [0.25, 0.3) is 11.0 Å². The number of thiophene rings is 1. The Bertz CT molecular complexity index is 1280. The Labute approximate surface area is 205 Å². The maximum atomic E-state index is 13.1. The van der Waals surface area contributed by atoms with Crippen LogP contribution in [0.5, 0.6) is 0 Å². The van der Waals surface area contributed by atoms with Crippen LogP contribution in [0.2, 0.25) is 5.02 Å². The van der Waals surface area contributed by atoms with Crippen molar-refractivity contribution in [1.29, 1.82) is 0 Å². The Hall–Kier alpha value is -3.43. The van der Waals surface area contributed by atoms with Crippen LogP contribution in [0.15, 0.2) is 55.0 Å². The van der Waals surface area contributed by atoms with Gasteiger partial charge in [-0.15, -0.1) is 11.3 Å². The van der Waals surface area contributed by atoms with Crippen molar-refractivity contribution in [2.45, 2.75) is 25.3 Å². The lowest BCUT2D eigenvalue weighted by atomic mass is 10.1. The minimum Gasteiger partial charge on any atom is -0.337 e. The van der Waals surface area contributed by atoms with Crippen molar-refractivity contribution in [1.82, 2.24) is 14.5 Å². The van der Waals surface area contributed by atoms with Crippen molar-refractivity contribution in [2.24, 2.45) is 0 Å². The van der Waals surface area contributed by atoms with E-state index >= 15 is 0 Å². The monoisotopic (exact) mass is 497 g/mol. The smallest absolute Gasteiger partial charge is 0.268 e. The molecule has 0 bridgehead atoms. The third-order valence-corrected chi connectivity index (χ3v) is 6.89. The fourth-order valence-electron chi connectivity index (χ4n) is 4.09. The summed E-state index contributed by atoms with van der Waals surface area (Å²) in [7, 11) is 0. The minimum absolute atomic E-state index is 0.124. The number of nitrogens with zero attached hydrogens (tertiary/aromatic N) is 3. The molecule has 1 aliphatic rings. The number of para-hydroxylation sites is 1. The van der Waals surface area contributed by atoms with Crippen molar-refractivity contribution >= 4 is 63.3 Å². The lowest BCUT2D eigenvalue weighted by molar-refractivity contribution is -0.126. The standard InChI is InChI=1S/C24H24ClN5O3S/c1-3-20(31)26-15-12-19(34-14-15)23(33)28-24-27-18-10-7-9-17(25)22(18)30(24)16-8-5-6-11-29(13-16)21(32)4-2/h3-4,7,9-10,12,14,16H,1-2,5-6,8,11,13H2,(H,26,31)(H,27,28,33)/t16-/m1/s1. The van der Waals surface area contributed by atoms with E-state index < -0.39 is 0 Å². The fourth-order valence-corrected chi connectivity index (χ4v) is 5.08. The van der Waals surface area contributed by atoms with Gasteiger partial charge in [-0.25, -0.2) is 4.98 Å². The highest BCUT2D eigenvalue weighted by Gasteiger charge is 2.27. The van der Waals surface area contributed by atoms with E-state index in [1.165, 1.54) is 17.4 Å². The first-order valence-electron chi connectivity index (χ1n) is 10.8. The van der Waals surface area contributed by atoms with Crippen molar-refractivity contribution in [3.63, 3.8) is 0 Å². The van der Waals surface area contributed by atoms with E-state index in [2.05, 4.69) is 28.8 Å². The lowest BCUT2D eigenvalue weighted by Crippen LogP contribution is -2.34. The number of carbonyl (C=O) groups excluding carboxylic acids is 3. The van der Waals surface area contributed by atoms with Gasteiger partial charge < -0.3 is 14.8 Å². The number of nitrogens with one attached hydrogen (secondary N) is 2. The molecule has 2 aromatic heterocycles. The minimum atomic E-state index is -0.357. The Balaban J connectivity index is 1.69.